The number of amides is 1. The summed E-state index contributed by atoms with van der Waals surface area (Å²) in [4.78, 5) is 23.4. The predicted octanol–water partition coefficient (Wildman–Crippen LogP) is 3.84. The van der Waals surface area contributed by atoms with E-state index in [-0.39, 0.29) is 5.91 Å². The zero-order chi connectivity index (χ0) is 22.8. The van der Waals surface area contributed by atoms with E-state index in [0.717, 1.165) is 27.6 Å². The van der Waals surface area contributed by atoms with Crippen LogP contribution in [0, 0.1) is 0 Å². The Bertz CT molecular complexity index is 1280. The third-order valence-corrected chi connectivity index (χ3v) is 7.37. The van der Waals surface area contributed by atoms with E-state index in [4.69, 9.17) is 0 Å². The highest BCUT2D eigenvalue weighted by Crippen LogP contribution is 2.40. The van der Waals surface area contributed by atoms with Crippen molar-refractivity contribution < 1.29 is 13.9 Å². The summed E-state index contributed by atoms with van der Waals surface area (Å²) >= 11 is 0. The lowest BCUT2D eigenvalue weighted by Crippen LogP contribution is -2.37. The highest BCUT2D eigenvalue weighted by molar-refractivity contribution is 8.24. The Balaban J connectivity index is 1.37. The van der Waals surface area contributed by atoms with Crippen molar-refractivity contribution in [3.8, 4) is 11.1 Å². The number of benzene rings is 1. The van der Waals surface area contributed by atoms with Gasteiger partial charge in [-0.2, -0.15) is 15.7 Å². The van der Waals surface area contributed by atoms with Crippen molar-refractivity contribution in [2.24, 2.45) is 0 Å². The minimum Gasteiger partial charge on any atom is -0.319 e. The maximum Gasteiger partial charge on any atom is 0.276 e. The lowest BCUT2D eigenvalue weighted by molar-refractivity contribution is 0.102. The minimum absolute atomic E-state index is 0.311. The first-order valence-corrected chi connectivity index (χ1v) is 12.5. The Labute approximate surface area is 192 Å². The van der Waals surface area contributed by atoms with Crippen LogP contribution in [0.2, 0.25) is 0 Å². The molecule has 3 aromatic heterocycles. The molecule has 9 nitrogen and oxygen atoms in total. The molecule has 4 aromatic rings. The van der Waals surface area contributed by atoms with E-state index in [1.807, 2.05) is 24.4 Å². The van der Waals surface area contributed by atoms with E-state index in [9.17, 15) is 13.9 Å². The summed E-state index contributed by atoms with van der Waals surface area (Å²) in [6.07, 6.45) is 6.86. The molecule has 1 saturated heterocycles. The molecule has 0 radical (unpaired) electrons. The lowest BCUT2D eigenvalue weighted by atomic mass is 10.0. The average molecular weight is 465 g/mol. The summed E-state index contributed by atoms with van der Waals surface area (Å²) in [7, 11) is -2.41. The molecule has 1 aliphatic rings. The van der Waals surface area contributed by atoms with Crippen LogP contribution in [-0.4, -0.2) is 64.7 Å². The number of fused-ring (bicyclic) bond motifs is 1. The second-order valence-corrected chi connectivity index (χ2v) is 10.5. The molecule has 170 valence electrons. The van der Waals surface area contributed by atoms with Gasteiger partial charge in [-0.3, -0.25) is 33.9 Å². The van der Waals surface area contributed by atoms with E-state index in [1.165, 1.54) is 0 Å². The van der Waals surface area contributed by atoms with Crippen molar-refractivity contribution in [2.45, 2.75) is 6.54 Å². The maximum atomic E-state index is 12.8. The summed E-state index contributed by atoms with van der Waals surface area (Å²) < 4.78 is 19.6. The molecule has 0 aliphatic carbocycles. The standard InChI is InChI=1S/C23H24N6O3S/c30-23(26-19-2-1-5-24-14-19)22-20-11-17(3-4-21(20)27-28-22)18-10-16(12-25-13-18)15-29-6-8-33(31,32)9-7-29/h1-5,10-14,31-32H,6-9,15H2,(H,26,30)(H,27,28). The van der Waals surface area contributed by atoms with Crippen LogP contribution in [0.1, 0.15) is 16.1 Å². The number of nitrogens with one attached hydrogen (secondary N) is 2. The number of aromatic amines is 1. The molecule has 1 aromatic carbocycles. The number of carbonyl (C=O) groups excluding carboxylic acids is 1. The van der Waals surface area contributed by atoms with Crippen molar-refractivity contribution in [1.82, 2.24) is 25.1 Å². The molecule has 5 rings (SSSR count). The Hall–Kier alpha value is -3.31. The molecule has 4 heterocycles. The molecule has 0 saturated carbocycles. The van der Waals surface area contributed by atoms with Crippen LogP contribution in [0.15, 0.2) is 61.2 Å². The molecule has 33 heavy (non-hydrogen) atoms. The summed E-state index contributed by atoms with van der Waals surface area (Å²) in [5.74, 6) is 0.525. The van der Waals surface area contributed by atoms with Gasteiger partial charge in [0, 0.05) is 49.2 Å². The molecule has 4 N–H and O–H groups in total. The monoisotopic (exact) mass is 464 g/mol. The van der Waals surface area contributed by atoms with Gasteiger partial charge in [0.25, 0.3) is 5.91 Å². The SMILES string of the molecule is O=C(Nc1cccnc1)c1n[nH]c2ccc(-c3cncc(CN4CCS(O)(O)CC4)c3)cc12. The minimum atomic E-state index is -2.41. The highest BCUT2D eigenvalue weighted by atomic mass is 32.3. The fourth-order valence-corrected chi connectivity index (χ4v) is 5.21. The number of rotatable bonds is 5. The van der Waals surface area contributed by atoms with E-state index >= 15 is 0 Å². The van der Waals surface area contributed by atoms with Crippen molar-refractivity contribution in [3.63, 3.8) is 0 Å². The molecule has 0 unspecified atom stereocenters. The second-order valence-electron chi connectivity index (χ2n) is 8.10. The first kappa shape index (κ1) is 21.5. The van der Waals surface area contributed by atoms with Gasteiger partial charge in [-0.25, -0.2) is 0 Å². The molecule has 0 bridgehead atoms. The van der Waals surface area contributed by atoms with Crippen LogP contribution < -0.4 is 5.32 Å². The summed E-state index contributed by atoms with van der Waals surface area (Å²) in [5, 5.41) is 10.7. The zero-order valence-electron chi connectivity index (χ0n) is 17.8. The smallest absolute Gasteiger partial charge is 0.276 e. The quantitative estimate of drug-likeness (QED) is 0.353. The fourth-order valence-electron chi connectivity index (χ4n) is 3.91. The number of nitrogens with zero attached hydrogens (tertiary/aromatic N) is 4. The van der Waals surface area contributed by atoms with Gasteiger partial charge in [-0.1, -0.05) is 6.07 Å². The van der Waals surface area contributed by atoms with E-state index in [1.54, 1.807) is 30.7 Å². The maximum absolute atomic E-state index is 12.8. The molecule has 0 atom stereocenters. The van der Waals surface area contributed by atoms with Gasteiger partial charge in [0.15, 0.2) is 5.69 Å². The van der Waals surface area contributed by atoms with E-state index in [0.29, 0.717) is 42.5 Å². The van der Waals surface area contributed by atoms with Gasteiger partial charge in [0.2, 0.25) is 0 Å². The van der Waals surface area contributed by atoms with Crippen LogP contribution in [0.5, 0.6) is 0 Å². The Morgan fingerprint density at radius 1 is 1.06 bits per heavy atom. The molecule has 1 fully saturated rings. The average Bonchev–Trinajstić information content (AvgIpc) is 3.25. The molecule has 1 amide bonds. The number of hydrogen-bond donors (Lipinski definition) is 4. The van der Waals surface area contributed by atoms with E-state index < -0.39 is 10.6 Å². The molecule has 1 aliphatic heterocycles. The van der Waals surface area contributed by atoms with Gasteiger partial charge in [0.05, 0.1) is 28.9 Å². The number of aromatic nitrogens is 4. The van der Waals surface area contributed by atoms with Crippen LogP contribution in [-0.2, 0) is 6.54 Å². The van der Waals surface area contributed by atoms with Crippen molar-refractivity contribution in [1.29, 1.82) is 0 Å². The molecular weight excluding hydrogens is 440 g/mol. The van der Waals surface area contributed by atoms with Gasteiger partial charge in [-0.05, 0) is 41.5 Å². The third-order valence-electron chi connectivity index (χ3n) is 5.70. The van der Waals surface area contributed by atoms with Gasteiger partial charge in [-0.15, -0.1) is 0 Å². The summed E-state index contributed by atoms with van der Waals surface area (Å²) in [6, 6.07) is 11.4. The largest absolute Gasteiger partial charge is 0.319 e. The molecular formula is C23H24N6O3S. The Morgan fingerprint density at radius 2 is 1.91 bits per heavy atom. The van der Waals surface area contributed by atoms with Gasteiger partial charge in [0.1, 0.15) is 0 Å². The van der Waals surface area contributed by atoms with Crippen molar-refractivity contribution in [3.05, 3.63) is 72.4 Å². The van der Waals surface area contributed by atoms with Crippen LogP contribution >= 0.6 is 10.6 Å². The number of carbonyl (C=O) groups is 1. The van der Waals surface area contributed by atoms with Crippen molar-refractivity contribution >= 4 is 33.1 Å². The topological polar surface area (TPSA) is 127 Å². The number of H-pyrrole nitrogens is 1. The summed E-state index contributed by atoms with van der Waals surface area (Å²) in [6.45, 7) is 2.01. The van der Waals surface area contributed by atoms with Crippen LogP contribution in [0.3, 0.4) is 0 Å². The van der Waals surface area contributed by atoms with Crippen LogP contribution in [0.25, 0.3) is 22.0 Å². The Kier molecular flexibility index (Phi) is 5.81. The van der Waals surface area contributed by atoms with Gasteiger partial charge < -0.3 is 5.32 Å². The van der Waals surface area contributed by atoms with Gasteiger partial charge >= 0.3 is 0 Å². The number of anilines is 1. The zero-order valence-corrected chi connectivity index (χ0v) is 18.6. The molecule has 0 spiro atoms. The highest BCUT2D eigenvalue weighted by Gasteiger charge is 2.22. The normalized spacial score (nSPS) is 17.0. The number of hydrogen-bond acceptors (Lipinski definition) is 7. The fraction of sp³-hybridized carbons (Fsp3) is 0.217. The van der Waals surface area contributed by atoms with Crippen LogP contribution in [0.4, 0.5) is 5.69 Å². The molecule has 10 heteroatoms. The first-order chi connectivity index (χ1) is 16.0. The lowest BCUT2D eigenvalue weighted by Gasteiger charge is -2.40. The predicted molar refractivity (Wildman–Crippen MR) is 129 cm³/mol. The number of pyridine rings is 2. The van der Waals surface area contributed by atoms with E-state index in [2.05, 4.69) is 36.4 Å². The first-order valence-electron chi connectivity index (χ1n) is 10.6. The summed E-state index contributed by atoms with van der Waals surface area (Å²) in [5.41, 5.74) is 4.61. The second kappa shape index (κ2) is 8.91. The third kappa shape index (κ3) is 4.88. The Morgan fingerprint density at radius 3 is 2.70 bits per heavy atom. The van der Waals surface area contributed by atoms with Crippen molar-refractivity contribution in [2.75, 3.05) is 29.9 Å².